The molecule has 0 aromatic carbocycles. The third kappa shape index (κ3) is 1.19. The number of carbonyl (C=O) groups excluding carboxylic acids is 1. The van der Waals surface area contributed by atoms with Crippen LogP contribution in [0.4, 0.5) is 0 Å². The first-order valence-corrected chi connectivity index (χ1v) is 2.13. The highest BCUT2D eigenvalue weighted by atomic mass is 16.4. The minimum atomic E-state index is -3.12. The van der Waals surface area contributed by atoms with Crippen LogP contribution in [0.2, 0.25) is 0 Å². The minimum Gasteiger partial charge on any atom is -0.480 e. The van der Waals surface area contributed by atoms with E-state index in [4.69, 9.17) is 12.0 Å². The molecule has 0 spiro atoms. The Bertz CT molecular complexity index is 316. The van der Waals surface area contributed by atoms with Crippen molar-refractivity contribution in [2.24, 2.45) is 0 Å². The maximum absolute atomic E-state index is 10.9. The van der Waals surface area contributed by atoms with Gasteiger partial charge in [-0.1, -0.05) is 0 Å². The maximum Gasteiger partial charge on any atom is 0.326 e. The van der Waals surface area contributed by atoms with Gasteiger partial charge in [-0.15, -0.1) is 0 Å². The summed E-state index contributed by atoms with van der Waals surface area (Å²) in [4.78, 5) is 21.5. The number of rotatable bonds is 1. The standard InChI is InChI=1S/C5H7NO3/c7-4-2-1-3(6-4)5(8)9/h3H,1-2H2,(H,6,7)(H,8,9)/i1D2,2D2,3D. The first-order chi connectivity index (χ1) is 6.07. The fraction of sp³-hybridized carbons (Fsp3) is 0.600. The van der Waals surface area contributed by atoms with Crippen molar-refractivity contribution >= 4 is 11.9 Å². The summed E-state index contributed by atoms with van der Waals surface area (Å²) in [5.74, 6) is -3.36. The van der Waals surface area contributed by atoms with E-state index in [1.807, 2.05) is 0 Å². The quantitative estimate of drug-likeness (QED) is 0.500. The van der Waals surface area contributed by atoms with Crippen molar-refractivity contribution in [3.63, 3.8) is 0 Å². The minimum absolute atomic E-state index is 1.43. The monoisotopic (exact) mass is 134 g/mol. The highest BCUT2D eigenvalue weighted by Crippen LogP contribution is 2.05. The second-order valence-electron chi connectivity index (χ2n) is 1.38. The van der Waals surface area contributed by atoms with Crippen molar-refractivity contribution in [1.29, 1.82) is 0 Å². The highest BCUT2D eigenvalue weighted by Gasteiger charge is 2.26. The van der Waals surface area contributed by atoms with Crippen molar-refractivity contribution in [3.8, 4) is 0 Å². The number of hydrogen-bond acceptors (Lipinski definition) is 2. The molecule has 1 unspecified atom stereocenters. The van der Waals surface area contributed by atoms with Gasteiger partial charge in [-0.3, -0.25) is 4.79 Å². The third-order valence-corrected chi connectivity index (χ3v) is 0.753. The zero-order valence-electron chi connectivity index (χ0n) is 9.26. The summed E-state index contributed by atoms with van der Waals surface area (Å²) >= 11 is 0. The number of hydrogen-bond donors (Lipinski definition) is 2. The van der Waals surface area contributed by atoms with Crippen molar-refractivity contribution < 1.29 is 21.5 Å². The van der Waals surface area contributed by atoms with Crippen LogP contribution in [0.25, 0.3) is 0 Å². The summed E-state index contributed by atoms with van der Waals surface area (Å²) < 4.78 is 35.5. The average Bonchev–Trinajstić information content (AvgIpc) is 2.12. The van der Waals surface area contributed by atoms with E-state index in [1.165, 1.54) is 5.32 Å². The molecule has 1 fully saturated rings. The Morgan fingerprint density at radius 3 is 3.00 bits per heavy atom. The Morgan fingerprint density at radius 1 is 2.11 bits per heavy atom. The fourth-order valence-electron chi connectivity index (χ4n) is 0.402. The Hall–Kier alpha value is -1.06. The summed E-state index contributed by atoms with van der Waals surface area (Å²) in [6.45, 7) is 0. The van der Waals surface area contributed by atoms with E-state index in [2.05, 4.69) is 0 Å². The van der Waals surface area contributed by atoms with Crippen molar-refractivity contribution in [1.82, 2.24) is 5.32 Å². The number of carboxylic acids is 1. The lowest BCUT2D eigenvalue weighted by Gasteiger charge is -1.99. The van der Waals surface area contributed by atoms with Gasteiger partial charge in [0.2, 0.25) is 5.91 Å². The molecule has 0 radical (unpaired) electrons. The van der Waals surface area contributed by atoms with Crippen LogP contribution in [0.15, 0.2) is 0 Å². The number of aliphatic carboxylic acids is 1. The Morgan fingerprint density at radius 2 is 2.78 bits per heavy atom. The predicted octanol–water partition coefficient (Wildman–Crippen LogP) is -0.650. The van der Waals surface area contributed by atoms with Crippen LogP contribution < -0.4 is 5.32 Å². The molecular formula is C5H7NO3. The molecule has 1 aliphatic heterocycles. The largest absolute Gasteiger partial charge is 0.480 e. The Kier molecular flexibility index (Phi) is 0.519. The van der Waals surface area contributed by atoms with E-state index in [0.717, 1.165) is 0 Å². The van der Waals surface area contributed by atoms with Crippen LogP contribution in [0.5, 0.6) is 0 Å². The molecule has 1 rings (SSSR count). The molecule has 1 atom stereocenters. The molecular weight excluding hydrogens is 122 g/mol. The molecule has 1 heterocycles. The molecule has 0 aliphatic carbocycles. The van der Waals surface area contributed by atoms with Gasteiger partial charge in [0.1, 0.15) is 6.02 Å². The molecule has 50 valence electrons. The normalized spacial score (nSPS) is 53.3. The second-order valence-corrected chi connectivity index (χ2v) is 1.38. The first-order valence-electron chi connectivity index (χ1n) is 4.63. The molecule has 0 aromatic rings. The molecule has 9 heavy (non-hydrogen) atoms. The highest BCUT2D eigenvalue weighted by molar-refractivity contribution is 5.87. The molecule has 1 aliphatic rings. The number of carboxylic acid groups (broad SMARTS) is 1. The second kappa shape index (κ2) is 2.05. The van der Waals surface area contributed by atoms with Gasteiger partial charge in [0.15, 0.2) is 0 Å². The predicted molar refractivity (Wildman–Crippen MR) is 28.8 cm³/mol. The lowest BCUT2D eigenvalue weighted by molar-refractivity contribution is -0.140. The van der Waals surface area contributed by atoms with Crippen LogP contribution >= 0.6 is 0 Å². The van der Waals surface area contributed by atoms with Crippen LogP contribution in [0, 0.1) is 0 Å². The van der Waals surface area contributed by atoms with E-state index in [-0.39, 0.29) is 0 Å². The van der Waals surface area contributed by atoms with Crippen molar-refractivity contribution in [3.05, 3.63) is 0 Å². The SMILES string of the molecule is [2H]C1([2H])C(=O)NC([2H])(C(=O)O)C1([2H])[2H]. The van der Waals surface area contributed by atoms with Gasteiger partial charge in [-0.2, -0.15) is 0 Å². The molecule has 4 nitrogen and oxygen atoms in total. The molecule has 4 heteroatoms. The lowest BCUT2D eigenvalue weighted by atomic mass is 10.2. The molecule has 1 saturated heterocycles. The van der Waals surface area contributed by atoms with Crippen molar-refractivity contribution in [2.45, 2.75) is 18.8 Å². The van der Waals surface area contributed by atoms with Gasteiger partial charge in [0.05, 0.1) is 1.37 Å². The van der Waals surface area contributed by atoms with Gasteiger partial charge < -0.3 is 10.4 Å². The number of nitrogens with one attached hydrogen (secondary N) is 1. The summed E-state index contributed by atoms with van der Waals surface area (Å²) in [6.07, 6.45) is -6.14. The number of carbonyl (C=O) groups is 2. The van der Waals surface area contributed by atoms with Crippen LogP contribution in [0.3, 0.4) is 0 Å². The lowest BCUT2D eigenvalue weighted by Crippen LogP contribution is -2.32. The Labute approximate surface area is 58.9 Å². The van der Waals surface area contributed by atoms with Gasteiger partial charge in [-0.25, -0.2) is 4.79 Å². The van der Waals surface area contributed by atoms with E-state index in [1.54, 1.807) is 0 Å². The number of amides is 1. The topological polar surface area (TPSA) is 66.4 Å². The summed E-state index contributed by atoms with van der Waals surface area (Å²) in [5.41, 5.74) is 0. The Balaban J connectivity index is 3.31. The van der Waals surface area contributed by atoms with E-state index in [0.29, 0.717) is 0 Å². The van der Waals surface area contributed by atoms with Crippen LogP contribution in [-0.4, -0.2) is 23.0 Å². The average molecular weight is 134 g/mol. The third-order valence-electron chi connectivity index (χ3n) is 0.753. The van der Waals surface area contributed by atoms with Gasteiger partial charge >= 0.3 is 5.97 Å². The smallest absolute Gasteiger partial charge is 0.326 e. The first kappa shape index (κ1) is 2.28. The zero-order valence-corrected chi connectivity index (χ0v) is 4.26. The maximum atomic E-state index is 10.9. The van der Waals surface area contributed by atoms with Gasteiger partial charge in [0.25, 0.3) is 0 Å². The molecule has 0 saturated carbocycles. The fourth-order valence-corrected chi connectivity index (χ4v) is 0.402. The van der Waals surface area contributed by atoms with Crippen LogP contribution in [0.1, 0.15) is 19.6 Å². The van der Waals surface area contributed by atoms with E-state index >= 15 is 0 Å². The van der Waals surface area contributed by atoms with Gasteiger partial charge in [0, 0.05) is 11.9 Å². The summed E-state index contributed by atoms with van der Waals surface area (Å²) in [7, 11) is 0. The van der Waals surface area contributed by atoms with Crippen LogP contribution in [-0.2, 0) is 9.59 Å². The summed E-state index contributed by atoms with van der Waals surface area (Å²) in [6, 6.07) is -2.98. The van der Waals surface area contributed by atoms with E-state index in [9.17, 15) is 9.59 Å². The zero-order chi connectivity index (χ0) is 11.4. The van der Waals surface area contributed by atoms with Gasteiger partial charge in [-0.05, 0) is 6.37 Å². The summed E-state index contributed by atoms with van der Waals surface area (Å²) in [5, 5.41) is 10.0. The molecule has 0 aromatic heterocycles. The van der Waals surface area contributed by atoms with Crippen molar-refractivity contribution in [2.75, 3.05) is 0 Å². The molecule has 0 bridgehead atoms. The van der Waals surface area contributed by atoms with E-state index < -0.39 is 30.6 Å². The molecule has 1 amide bonds. The molecule has 2 N–H and O–H groups in total.